The number of carboxylic acids is 1. The van der Waals surface area contributed by atoms with E-state index in [0.717, 1.165) is 24.0 Å². The highest BCUT2D eigenvalue weighted by molar-refractivity contribution is 5.75. The smallest absolute Gasteiger partial charge is 0.309 e. The number of allylic oxidation sites excluding steroid dienone is 1. The van der Waals surface area contributed by atoms with E-state index in [1.165, 1.54) is 11.1 Å². The number of carbonyl (C=O) groups is 1. The normalized spacial score (nSPS) is 36.0. The van der Waals surface area contributed by atoms with Crippen LogP contribution in [0.15, 0.2) is 24.8 Å². The standard InChI is InChI=1S/C20H26O3/c1-12(2)13-5-7-16-14(9-13)6-8-17-19(16,3)10-15(21)11-20(17,4)18(22)23/h5,7,9,15,17,21H,1,6,8,10-11H2,2-4H3,(H,22,23)/t15-,17-,19-,20-/m1/s1. The Morgan fingerprint density at radius 1 is 1.30 bits per heavy atom. The Hall–Kier alpha value is -1.61. The molecule has 0 aromatic heterocycles. The second-order valence-electron chi connectivity index (χ2n) is 7.95. The predicted molar refractivity (Wildman–Crippen MR) is 91.3 cm³/mol. The van der Waals surface area contributed by atoms with Crippen LogP contribution in [0.25, 0.3) is 5.57 Å². The maximum atomic E-state index is 12.0. The number of rotatable bonds is 2. The number of aliphatic carboxylic acids is 1. The minimum Gasteiger partial charge on any atom is -0.481 e. The van der Waals surface area contributed by atoms with E-state index in [1.54, 1.807) is 0 Å². The minimum absolute atomic E-state index is 0.0547. The lowest BCUT2D eigenvalue weighted by Crippen LogP contribution is -2.56. The van der Waals surface area contributed by atoms with E-state index < -0.39 is 17.5 Å². The second-order valence-corrected chi connectivity index (χ2v) is 7.95. The van der Waals surface area contributed by atoms with Crippen molar-refractivity contribution in [3.8, 4) is 0 Å². The molecule has 3 nitrogen and oxygen atoms in total. The topological polar surface area (TPSA) is 57.5 Å². The van der Waals surface area contributed by atoms with Crippen LogP contribution in [-0.4, -0.2) is 22.3 Å². The first kappa shape index (κ1) is 16.3. The molecule has 2 aliphatic carbocycles. The zero-order valence-electron chi connectivity index (χ0n) is 14.2. The van der Waals surface area contributed by atoms with Gasteiger partial charge in [0.1, 0.15) is 0 Å². The Labute approximate surface area is 138 Å². The van der Waals surface area contributed by atoms with Gasteiger partial charge >= 0.3 is 5.97 Å². The van der Waals surface area contributed by atoms with E-state index in [9.17, 15) is 15.0 Å². The van der Waals surface area contributed by atoms with Crippen molar-refractivity contribution in [2.45, 2.75) is 58.0 Å². The Morgan fingerprint density at radius 2 is 2.00 bits per heavy atom. The molecular weight excluding hydrogens is 288 g/mol. The molecule has 0 bridgehead atoms. The SMILES string of the molecule is C=C(C)c1ccc2c(c1)CC[C@H]1[C@](C)(C(=O)O)C[C@H](O)C[C@]21C. The second kappa shape index (κ2) is 5.20. The summed E-state index contributed by atoms with van der Waals surface area (Å²) in [7, 11) is 0. The number of benzene rings is 1. The lowest BCUT2D eigenvalue weighted by Gasteiger charge is -2.55. The van der Waals surface area contributed by atoms with Crippen molar-refractivity contribution in [3.63, 3.8) is 0 Å². The van der Waals surface area contributed by atoms with Crippen molar-refractivity contribution in [1.29, 1.82) is 0 Å². The third-order valence-corrected chi connectivity index (χ3v) is 6.26. The summed E-state index contributed by atoms with van der Waals surface area (Å²) in [5, 5.41) is 20.2. The van der Waals surface area contributed by atoms with Crippen molar-refractivity contribution in [2.24, 2.45) is 11.3 Å². The highest BCUT2D eigenvalue weighted by Gasteiger charge is 2.57. The van der Waals surface area contributed by atoms with Crippen molar-refractivity contribution >= 4 is 11.5 Å². The van der Waals surface area contributed by atoms with E-state index in [2.05, 4.69) is 31.7 Å². The Bertz CT molecular complexity index is 677. The first-order valence-electron chi connectivity index (χ1n) is 8.39. The van der Waals surface area contributed by atoms with Crippen LogP contribution in [0.3, 0.4) is 0 Å². The zero-order chi connectivity index (χ0) is 17.0. The van der Waals surface area contributed by atoms with Gasteiger partial charge in [0.15, 0.2) is 0 Å². The number of aliphatic hydroxyl groups is 1. The van der Waals surface area contributed by atoms with Gasteiger partial charge in [-0.2, -0.15) is 0 Å². The van der Waals surface area contributed by atoms with Gasteiger partial charge in [0.05, 0.1) is 11.5 Å². The van der Waals surface area contributed by atoms with Crippen molar-refractivity contribution in [2.75, 3.05) is 0 Å². The predicted octanol–water partition coefficient (Wildman–Crippen LogP) is 3.79. The fourth-order valence-electron chi connectivity index (χ4n) is 5.13. The van der Waals surface area contributed by atoms with Crippen LogP contribution in [0.1, 0.15) is 56.7 Å². The molecular formula is C20H26O3. The molecule has 2 N–H and O–H groups in total. The highest BCUT2D eigenvalue weighted by atomic mass is 16.4. The Balaban J connectivity index is 2.12. The Morgan fingerprint density at radius 3 is 2.61 bits per heavy atom. The number of fused-ring (bicyclic) bond motifs is 3. The summed E-state index contributed by atoms with van der Waals surface area (Å²) in [4.78, 5) is 12.0. The van der Waals surface area contributed by atoms with Gasteiger partial charge < -0.3 is 10.2 Å². The van der Waals surface area contributed by atoms with E-state index in [4.69, 9.17) is 0 Å². The van der Waals surface area contributed by atoms with E-state index in [1.807, 2.05) is 13.8 Å². The average Bonchev–Trinajstić information content (AvgIpc) is 2.45. The molecule has 0 aliphatic heterocycles. The molecule has 0 saturated heterocycles. The third kappa shape index (κ3) is 2.33. The van der Waals surface area contributed by atoms with Crippen molar-refractivity contribution in [1.82, 2.24) is 0 Å². The van der Waals surface area contributed by atoms with Crippen LogP contribution in [-0.2, 0) is 16.6 Å². The monoisotopic (exact) mass is 314 g/mol. The van der Waals surface area contributed by atoms with Gasteiger partial charge in [-0.25, -0.2) is 0 Å². The molecule has 2 aliphatic rings. The van der Waals surface area contributed by atoms with Gasteiger partial charge in [0.25, 0.3) is 0 Å². The summed E-state index contributed by atoms with van der Waals surface area (Å²) >= 11 is 0. The summed E-state index contributed by atoms with van der Waals surface area (Å²) in [5.74, 6) is -0.728. The molecule has 1 aromatic carbocycles. The van der Waals surface area contributed by atoms with Crippen LogP contribution in [0, 0.1) is 11.3 Å². The molecule has 4 atom stereocenters. The third-order valence-electron chi connectivity index (χ3n) is 6.26. The van der Waals surface area contributed by atoms with E-state index >= 15 is 0 Å². The van der Waals surface area contributed by atoms with E-state index in [0.29, 0.717) is 12.8 Å². The summed E-state index contributed by atoms with van der Waals surface area (Å²) < 4.78 is 0. The number of hydrogen-bond donors (Lipinski definition) is 2. The summed E-state index contributed by atoms with van der Waals surface area (Å²) in [6, 6.07) is 6.40. The number of carboxylic acid groups (broad SMARTS) is 1. The molecule has 3 heteroatoms. The van der Waals surface area contributed by atoms with Crippen LogP contribution in [0.4, 0.5) is 0 Å². The first-order chi connectivity index (χ1) is 10.7. The van der Waals surface area contributed by atoms with Gasteiger partial charge in [-0.3, -0.25) is 4.79 Å². The molecule has 124 valence electrons. The van der Waals surface area contributed by atoms with Gasteiger partial charge in [0, 0.05) is 0 Å². The lowest BCUT2D eigenvalue weighted by molar-refractivity contribution is -0.162. The maximum absolute atomic E-state index is 12.0. The van der Waals surface area contributed by atoms with Gasteiger partial charge in [-0.15, -0.1) is 0 Å². The van der Waals surface area contributed by atoms with Gasteiger partial charge in [-0.05, 0) is 67.6 Å². The van der Waals surface area contributed by atoms with Crippen LogP contribution < -0.4 is 0 Å². The lowest BCUT2D eigenvalue weighted by atomic mass is 9.49. The molecule has 1 fully saturated rings. The van der Waals surface area contributed by atoms with Crippen LogP contribution in [0.5, 0.6) is 0 Å². The summed E-state index contributed by atoms with van der Waals surface area (Å²) in [6.45, 7) is 9.97. The average molecular weight is 314 g/mol. The molecule has 1 saturated carbocycles. The fourth-order valence-corrected chi connectivity index (χ4v) is 5.13. The summed E-state index contributed by atoms with van der Waals surface area (Å²) in [6.07, 6.45) is 2.18. The van der Waals surface area contributed by atoms with Gasteiger partial charge in [0.2, 0.25) is 0 Å². The highest BCUT2D eigenvalue weighted by Crippen LogP contribution is 2.57. The van der Waals surface area contributed by atoms with Gasteiger partial charge in [-0.1, -0.05) is 37.3 Å². The fraction of sp³-hybridized carbons (Fsp3) is 0.550. The van der Waals surface area contributed by atoms with E-state index in [-0.39, 0.29) is 11.3 Å². The zero-order valence-corrected chi connectivity index (χ0v) is 14.2. The largest absolute Gasteiger partial charge is 0.481 e. The summed E-state index contributed by atoms with van der Waals surface area (Å²) in [5.41, 5.74) is 3.53. The van der Waals surface area contributed by atoms with Crippen molar-refractivity contribution < 1.29 is 15.0 Å². The van der Waals surface area contributed by atoms with Crippen LogP contribution >= 0.6 is 0 Å². The molecule has 1 aromatic rings. The minimum atomic E-state index is -0.864. The number of hydrogen-bond acceptors (Lipinski definition) is 2. The first-order valence-corrected chi connectivity index (χ1v) is 8.39. The number of aryl methyl sites for hydroxylation is 1. The molecule has 3 rings (SSSR count). The number of aliphatic hydroxyl groups excluding tert-OH is 1. The van der Waals surface area contributed by atoms with Crippen LogP contribution in [0.2, 0.25) is 0 Å². The van der Waals surface area contributed by atoms with Crippen molar-refractivity contribution in [3.05, 3.63) is 41.5 Å². The molecule has 0 spiro atoms. The maximum Gasteiger partial charge on any atom is 0.309 e. The molecule has 0 radical (unpaired) electrons. The Kier molecular flexibility index (Phi) is 3.68. The molecule has 0 amide bonds. The quantitative estimate of drug-likeness (QED) is 0.873. The molecule has 23 heavy (non-hydrogen) atoms. The molecule has 0 unspecified atom stereocenters. The molecule has 0 heterocycles.